The third kappa shape index (κ3) is 3.51. The van der Waals surface area contributed by atoms with Crippen molar-refractivity contribution in [2.24, 2.45) is 0 Å². The fraction of sp³-hybridized carbons (Fsp3) is 0.500. The molecule has 114 valence electrons. The quantitative estimate of drug-likeness (QED) is 0.866. The van der Waals surface area contributed by atoms with Gasteiger partial charge in [0.05, 0.1) is 4.47 Å². The van der Waals surface area contributed by atoms with Crippen molar-refractivity contribution in [2.75, 3.05) is 20.1 Å². The number of sulfonamides is 1. The van der Waals surface area contributed by atoms with Gasteiger partial charge in [-0.25, -0.2) is 12.8 Å². The van der Waals surface area contributed by atoms with E-state index in [9.17, 15) is 12.8 Å². The van der Waals surface area contributed by atoms with Crippen LogP contribution < -0.4 is 5.32 Å². The first-order valence-corrected chi connectivity index (χ1v) is 8.30. The molecule has 0 unspecified atom stereocenters. The molecule has 1 aromatic carbocycles. The summed E-state index contributed by atoms with van der Waals surface area (Å²) in [4.78, 5) is -0.275. The molecule has 1 aliphatic rings. The minimum atomic E-state index is -3.79. The maximum atomic E-state index is 14.0. The predicted molar refractivity (Wildman–Crippen MR) is 82.2 cm³/mol. The third-order valence-corrected chi connectivity index (χ3v) is 5.94. The monoisotopic (exact) mass is 386 g/mol. The number of halogens is 3. The van der Waals surface area contributed by atoms with E-state index in [1.807, 2.05) is 0 Å². The first-order valence-electron chi connectivity index (χ1n) is 6.07. The molecular weight excluding hydrogens is 371 g/mol. The molecule has 1 heterocycles. The molecule has 1 aliphatic heterocycles. The highest BCUT2D eigenvalue weighted by Crippen LogP contribution is 2.26. The number of rotatable bonds is 3. The van der Waals surface area contributed by atoms with E-state index in [2.05, 4.69) is 21.2 Å². The van der Waals surface area contributed by atoms with Gasteiger partial charge in [-0.2, -0.15) is 4.31 Å². The van der Waals surface area contributed by atoms with Gasteiger partial charge in [-0.3, -0.25) is 0 Å². The van der Waals surface area contributed by atoms with Gasteiger partial charge in [0.2, 0.25) is 10.0 Å². The molecular formula is C12H17BrClFN2O2S. The summed E-state index contributed by atoms with van der Waals surface area (Å²) in [5, 5.41) is 3.18. The molecule has 0 spiro atoms. The number of benzene rings is 1. The Kier molecular flexibility index (Phi) is 6.40. The highest BCUT2D eigenvalue weighted by Gasteiger charge is 2.31. The van der Waals surface area contributed by atoms with Gasteiger partial charge in [-0.05, 0) is 54.0 Å². The Morgan fingerprint density at radius 2 is 1.95 bits per heavy atom. The van der Waals surface area contributed by atoms with E-state index >= 15 is 0 Å². The minimum absolute atomic E-state index is 0. The Morgan fingerprint density at radius 3 is 2.55 bits per heavy atom. The lowest BCUT2D eigenvalue weighted by atomic mass is 10.1. The molecule has 0 atom stereocenters. The van der Waals surface area contributed by atoms with Gasteiger partial charge in [0.15, 0.2) is 5.82 Å². The van der Waals surface area contributed by atoms with Crippen molar-refractivity contribution < 1.29 is 12.8 Å². The second-order valence-electron chi connectivity index (χ2n) is 4.55. The van der Waals surface area contributed by atoms with Gasteiger partial charge in [-0.15, -0.1) is 12.4 Å². The Balaban J connectivity index is 0.00000200. The Morgan fingerprint density at radius 1 is 1.35 bits per heavy atom. The fourth-order valence-corrected chi connectivity index (χ4v) is 4.20. The van der Waals surface area contributed by atoms with Crippen LogP contribution in [-0.4, -0.2) is 38.9 Å². The molecule has 2 rings (SSSR count). The molecule has 8 heteroatoms. The molecule has 0 aromatic heterocycles. The summed E-state index contributed by atoms with van der Waals surface area (Å²) < 4.78 is 40.3. The van der Waals surface area contributed by atoms with Crippen LogP contribution in [0.15, 0.2) is 27.6 Å². The van der Waals surface area contributed by atoms with Crippen molar-refractivity contribution in [3.63, 3.8) is 0 Å². The first kappa shape index (κ1) is 17.8. The van der Waals surface area contributed by atoms with Gasteiger partial charge >= 0.3 is 0 Å². The third-order valence-electron chi connectivity index (χ3n) is 3.40. The van der Waals surface area contributed by atoms with E-state index < -0.39 is 15.8 Å². The van der Waals surface area contributed by atoms with Crippen molar-refractivity contribution in [2.45, 2.75) is 23.8 Å². The summed E-state index contributed by atoms with van der Waals surface area (Å²) in [5.74, 6) is -0.733. The van der Waals surface area contributed by atoms with Crippen LogP contribution in [0.4, 0.5) is 4.39 Å². The van der Waals surface area contributed by atoms with Gasteiger partial charge < -0.3 is 5.32 Å². The maximum Gasteiger partial charge on any atom is 0.246 e. The average molecular weight is 388 g/mol. The smallest absolute Gasteiger partial charge is 0.246 e. The van der Waals surface area contributed by atoms with Crippen molar-refractivity contribution in [3.8, 4) is 0 Å². The molecule has 1 N–H and O–H groups in total. The average Bonchev–Trinajstić information content (AvgIpc) is 2.41. The predicted octanol–water partition coefficient (Wildman–Crippen LogP) is 2.38. The van der Waals surface area contributed by atoms with Gasteiger partial charge in [-0.1, -0.05) is 6.07 Å². The van der Waals surface area contributed by atoms with Crippen LogP contribution in [0.2, 0.25) is 0 Å². The van der Waals surface area contributed by atoms with Gasteiger partial charge in [0.25, 0.3) is 0 Å². The molecule has 20 heavy (non-hydrogen) atoms. The van der Waals surface area contributed by atoms with Gasteiger partial charge in [0, 0.05) is 13.1 Å². The van der Waals surface area contributed by atoms with Crippen LogP contribution in [0.3, 0.4) is 0 Å². The molecule has 0 saturated carbocycles. The maximum absolute atomic E-state index is 14.0. The molecule has 0 radical (unpaired) electrons. The van der Waals surface area contributed by atoms with E-state index in [0.717, 1.165) is 25.9 Å². The lowest BCUT2D eigenvalue weighted by molar-refractivity contribution is 0.295. The highest BCUT2D eigenvalue weighted by atomic mass is 79.9. The number of piperidine rings is 1. The zero-order valence-electron chi connectivity index (χ0n) is 11.0. The molecule has 0 aliphatic carbocycles. The van der Waals surface area contributed by atoms with Crippen LogP contribution in [0.1, 0.15) is 12.8 Å². The van der Waals surface area contributed by atoms with Gasteiger partial charge in [0.1, 0.15) is 4.90 Å². The first-order chi connectivity index (χ1) is 8.94. The second kappa shape index (κ2) is 7.17. The Bertz CT molecular complexity index is 565. The number of nitrogens with one attached hydrogen (secondary N) is 1. The van der Waals surface area contributed by atoms with E-state index in [4.69, 9.17) is 0 Å². The van der Waals surface area contributed by atoms with Crippen molar-refractivity contribution >= 4 is 38.4 Å². The number of nitrogens with zero attached hydrogens (tertiary/aromatic N) is 1. The van der Waals surface area contributed by atoms with Crippen molar-refractivity contribution in [1.82, 2.24) is 9.62 Å². The summed E-state index contributed by atoms with van der Waals surface area (Å²) in [6.07, 6.45) is 1.48. The molecule has 1 fully saturated rings. The number of hydrogen-bond donors (Lipinski definition) is 1. The van der Waals surface area contributed by atoms with Crippen molar-refractivity contribution in [1.29, 1.82) is 0 Å². The second-order valence-corrected chi connectivity index (χ2v) is 7.37. The van der Waals surface area contributed by atoms with E-state index in [1.54, 1.807) is 0 Å². The van der Waals surface area contributed by atoms with Crippen LogP contribution in [0.25, 0.3) is 0 Å². The van der Waals surface area contributed by atoms with E-state index in [0.29, 0.717) is 0 Å². The van der Waals surface area contributed by atoms with Crippen LogP contribution in [0.5, 0.6) is 0 Å². The SMILES string of the molecule is CN(C1CCNCC1)S(=O)(=O)c1cccc(Br)c1F.Cl. The molecule has 4 nitrogen and oxygen atoms in total. The zero-order chi connectivity index (χ0) is 14.0. The zero-order valence-corrected chi connectivity index (χ0v) is 14.2. The summed E-state index contributed by atoms with van der Waals surface area (Å²) in [7, 11) is -2.27. The number of hydrogen-bond acceptors (Lipinski definition) is 3. The lowest BCUT2D eigenvalue weighted by Crippen LogP contribution is -2.44. The molecule has 0 bridgehead atoms. The lowest BCUT2D eigenvalue weighted by Gasteiger charge is -2.30. The normalized spacial score (nSPS) is 17.0. The molecule has 1 aromatic rings. The summed E-state index contributed by atoms with van der Waals surface area (Å²) in [5.41, 5.74) is 0. The highest BCUT2D eigenvalue weighted by molar-refractivity contribution is 9.10. The summed E-state index contributed by atoms with van der Waals surface area (Å²) in [6.45, 7) is 1.57. The van der Waals surface area contributed by atoms with Crippen LogP contribution in [0, 0.1) is 5.82 Å². The van der Waals surface area contributed by atoms with E-state index in [1.165, 1.54) is 29.6 Å². The summed E-state index contributed by atoms with van der Waals surface area (Å²) in [6, 6.07) is 4.23. The summed E-state index contributed by atoms with van der Waals surface area (Å²) >= 11 is 3.02. The van der Waals surface area contributed by atoms with Crippen molar-refractivity contribution in [3.05, 3.63) is 28.5 Å². The Hall–Kier alpha value is -0.210. The fourth-order valence-electron chi connectivity index (χ4n) is 2.20. The van der Waals surface area contributed by atoms with E-state index in [-0.39, 0.29) is 27.8 Å². The minimum Gasteiger partial charge on any atom is -0.317 e. The molecule has 1 saturated heterocycles. The standard InChI is InChI=1S/C12H16BrFN2O2S.ClH/c1-16(9-5-7-15-8-6-9)19(17,18)11-4-2-3-10(13)12(11)14;/h2-4,9,15H,5-8H2,1H3;1H. The topological polar surface area (TPSA) is 49.4 Å². The van der Waals surface area contributed by atoms with Crippen LogP contribution >= 0.6 is 28.3 Å². The molecule has 0 amide bonds. The largest absolute Gasteiger partial charge is 0.317 e. The Labute approximate surface area is 133 Å². The van der Waals surface area contributed by atoms with Crippen LogP contribution in [-0.2, 0) is 10.0 Å².